The fraction of sp³-hybridized carbons (Fsp3) is 0.750. The molecule has 0 saturated carbocycles. The van der Waals surface area contributed by atoms with Crippen molar-refractivity contribution in [3.05, 3.63) is 0 Å². The van der Waals surface area contributed by atoms with Crippen molar-refractivity contribution in [1.82, 2.24) is 5.32 Å². The van der Waals surface area contributed by atoms with Gasteiger partial charge in [0.15, 0.2) is 5.78 Å². The first-order chi connectivity index (χ1) is 4.39. The molecular formula is C4H10NO4P. The topological polar surface area (TPSA) is 86.6 Å². The Kier molecular flexibility index (Phi) is 3.02. The van der Waals surface area contributed by atoms with Gasteiger partial charge in [0.1, 0.15) is 0 Å². The van der Waals surface area contributed by atoms with E-state index < -0.39 is 19.1 Å². The number of hydrogen-bond acceptors (Lipinski definition) is 3. The summed E-state index contributed by atoms with van der Waals surface area (Å²) in [6.45, 7) is 1.00. The van der Waals surface area contributed by atoms with Crippen molar-refractivity contribution in [2.45, 2.75) is 5.78 Å². The van der Waals surface area contributed by atoms with Crippen LogP contribution >= 0.6 is 7.37 Å². The van der Waals surface area contributed by atoms with Crippen molar-refractivity contribution in [2.24, 2.45) is 0 Å². The van der Waals surface area contributed by atoms with Crippen LogP contribution in [0.25, 0.3) is 0 Å². The van der Waals surface area contributed by atoms with Crippen molar-refractivity contribution in [2.75, 3.05) is 13.7 Å². The minimum atomic E-state index is -3.54. The normalized spacial score (nSPS) is 19.5. The average Bonchev–Trinajstić information content (AvgIpc) is 1.60. The van der Waals surface area contributed by atoms with E-state index in [9.17, 15) is 9.36 Å². The van der Waals surface area contributed by atoms with Gasteiger partial charge in [-0.15, -0.1) is 0 Å². The molecule has 5 nitrogen and oxygen atoms in total. The molecule has 0 aromatic rings. The van der Waals surface area contributed by atoms with Crippen LogP contribution in [0.15, 0.2) is 0 Å². The van der Waals surface area contributed by atoms with E-state index >= 15 is 0 Å². The highest BCUT2D eigenvalue weighted by molar-refractivity contribution is 7.58. The van der Waals surface area contributed by atoms with Crippen LogP contribution in [0.3, 0.4) is 0 Å². The molecule has 0 aromatic heterocycles. The molecule has 0 bridgehead atoms. The summed E-state index contributed by atoms with van der Waals surface area (Å²) in [5.41, 5.74) is 0. The lowest BCUT2D eigenvalue weighted by atomic mass is 10.7. The van der Waals surface area contributed by atoms with E-state index in [0.717, 1.165) is 6.66 Å². The van der Waals surface area contributed by atoms with Gasteiger partial charge in [-0.05, 0) is 7.05 Å². The second-order valence-corrected chi connectivity index (χ2v) is 4.38. The maximum atomic E-state index is 10.7. The Labute approximate surface area is 58.5 Å². The smallest absolute Gasteiger partial charge is 0.330 e. The van der Waals surface area contributed by atoms with E-state index in [2.05, 4.69) is 5.32 Å². The molecule has 2 atom stereocenters. The molecule has 0 spiro atoms. The third kappa shape index (κ3) is 2.47. The number of aliphatic carboxylic acids is 1. The van der Waals surface area contributed by atoms with Gasteiger partial charge in [-0.25, -0.2) is 4.79 Å². The quantitative estimate of drug-likeness (QED) is 0.494. The van der Waals surface area contributed by atoms with Crippen molar-refractivity contribution in [3.63, 3.8) is 0 Å². The van der Waals surface area contributed by atoms with Gasteiger partial charge in [-0.1, -0.05) is 0 Å². The Hall–Kier alpha value is -0.380. The SMILES string of the molecule is CNC(C(=O)O)P(C)(=O)O. The molecule has 0 aliphatic heterocycles. The minimum Gasteiger partial charge on any atom is -0.480 e. The van der Waals surface area contributed by atoms with E-state index in [1.165, 1.54) is 7.05 Å². The summed E-state index contributed by atoms with van der Waals surface area (Å²) in [6.07, 6.45) is 0. The molecule has 60 valence electrons. The van der Waals surface area contributed by atoms with Crippen molar-refractivity contribution in [1.29, 1.82) is 0 Å². The van der Waals surface area contributed by atoms with E-state index in [4.69, 9.17) is 10.00 Å². The van der Waals surface area contributed by atoms with Gasteiger partial charge < -0.3 is 10.00 Å². The molecule has 0 aliphatic rings. The van der Waals surface area contributed by atoms with Crippen LogP contribution in [0.1, 0.15) is 0 Å². The number of nitrogens with one attached hydrogen (secondary N) is 1. The zero-order valence-corrected chi connectivity index (χ0v) is 6.63. The first-order valence-corrected chi connectivity index (χ1v) is 4.77. The van der Waals surface area contributed by atoms with Gasteiger partial charge in [-0.3, -0.25) is 9.88 Å². The lowest BCUT2D eigenvalue weighted by Gasteiger charge is -2.13. The zero-order chi connectivity index (χ0) is 8.36. The number of carboxylic acids is 1. The maximum absolute atomic E-state index is 10.7. The summed E-state index contributed by atoms with van der Waals surface area (Å²) in [5.74, 6) is -2.66. The van der Waals surface area contributed by atoms with E-state index in [1.54, 1.807) is 0 Å². The lowest BCUT2D eigenvalue weighted by molar-refractivity contribution is -0.137. The molecule has 10 heavy (non-hydrogen) atoms. The van der Waals surface area contributed by atoms with E-state index in [-0.39, 0.29) is 0 Å². The van der Waals surface area contributed by atoms with E-state index in [1.807, 2.05) is 0 Å². The zero-order valence-electron chi connectivity index (χ0n) is 5.74. The predicted molar refractivity (Wildman–Crippen MR) is 36.2 cm³/mol. The fourth-order valence-electron chi connectivity index (χ4n) is 0.568. The molecule has 0 amide bonds. The summed E-state index contributed by atoms with van der Waals surface area (Å²) >= 11 is 0. The molecule has 3 N–H and O–H groups in total. The highest BCUT2D eigenvalue weighted by Crippen LogP contribution is 2.39. The number of likely N-dealkylation sites (N-methyl/N-ethyl adjacent to an activating group) is 1. The van der Waals surface area contributed by atoms with Crippen LogP contribution in [-0.2, 0) is 9.36 Å². The van der Waals surface area contributed by atoms with Crippen LogP contribution in [-0.4, -0.2) is 35.5 Å². The molecule has 0 saturated heterocycles. The van der Waals surface area contributed by atoms with Crippen LogP contribution in [0, 0.1) is 0 Å². The van der Waals surface area contributed by atoms with Gasteiger partial charge in [0.05, 0.1) is 0 Å². The average molecular weight is 167 g/mol. The van der Waals surface area contributed by atoms with Crippen LogP contribution in [0.5, 0.6) is 0 Å². The van der Waals surface area contributed by atoms with Gasteiger partial charge in [0, 0.05) is 6.66 Å². The highest BCUT2D eigenvalue weighted by Gasteiger charge is 2.30. The number of carbonyl (C=O) groups is 1. The van der Waals surface area contributed by atoms with Crippen LogP contribution < -0.4 is 5.32 Å². The molecule has 0 rings (SSSR count). The van der Waals surface area contributed by atoms with Crippen molar-refractivity contribution < 1.29 is 19.4 Å². The van der Waals surface area contributed by atoms with Crippen LogP contribution in [0.4, 0.5) is 0 Å². The van der Waals surface area contributed by atoms with Crippen molar-refractivity contribution in [3.8, 4) is 0 Å². The first-order valence-electron chi connectivity index (χ1n) is 2.59. The highest BCUT2D eigenvalue weighted by atomic mass is 31.2. The Balaban J connectivity index is 4.38. The third-order valence-corrected chi connectivity index (χ3v) is 2.42. The Morgan fingerprint density at radius 3 is 2.10 bits per heavy atom. The second-order valence-electron chi connectivity index (χ2n) is 1.97. The van der Waals surface area contributed by atoms with E-state index in [0.29, 0.717) is 0 Å². The summed E-state index contributed by atoms with van der Waals surface area (Å²) in [5, 5.41) is 10.5. The standard InChI is InChI=1S/C4H10NO4P/c1-5-3(4(6)7)10(2,8)9/h3,5H,1-2H3,(H,6,7)(H,8,9). The molecule has 0 aliphatic carbocycles. The number of hydrogen-bond donors (Lipinski definition) is 3. The monoisotopic (exact) mass is 167 g/mol. The minimum absolute atomic E-state index is 1.00. The molecule has 0 fully saturated rings. The molecule has 6 heteroatoms. The number of rotatable bonds is 3. The summed E-state index contributed by atoms with van der Waals surface area (Å²) in [7, 11) is -2.22. The molecule has 0 aromatic carbocycles. The predicted octanol–water partition coefficient (Wildman–Crippen LogP) is -0.483. The largest absolute Gasteiger partial charge is 0.480 e. The fourth-order valence-corrected chi connectivity index (χ4v) is 1.46. The van der Waals surface area contributed by atoms with Gasteiger partial charge in [0.2, 0.25) is 7.37 Å². The van der Waals surface area contributed by atoms with Crippen LogP contribution in [0.2, 0.25) is 0 Å². The van der Waals surface area contributed by atoms with Gasteiger partial charge in [0.25, 0.3) is 0 Å². The first kappa shape index (κ1) is 9.62. The Morgan fingerprint density at radius 1 is 1.70 bits per heavy atom. The second kappa shape index (κ2) is 3.14. The summed E-state index contributed by atoms with van der Waals surface area (Å²) in [6, 6.07) is 0. The molecular weight excluding hydrogens is 157 g/mol. The molecule has 2 unspecified atom stereocenters. The Bertz CT molecular complexity index is 174. The third-order valence-electron chi connectivity index (χ3n) is 0.986. The summed E-state index contributed by atoms with van der Waals surface area (Å²) in [4.78, 5) is 18.9. The van der Waals surface area contributed by atoms with Crippen molar-refractivity contribution >= 4 is 13.3 Å². The Morgan fingerprint density at radius 2 is 2.10 bits per heavy atom. The molecule has 0 radical (unpaired) electrons. The number of carboxylic acid groups (broad SMARTS) is 1. The molecule has 0 heterocycles. The summed E-state index contributed by atoms with van der Waals surface area (Å²) < 4.78 is 10.7. The maximum Gasteiger partial charge on any atom is 0.330 e. The lowest BCUT2D eigenvalue weighted by Crippen LogP contribution is -2.33. The van der Waals surface area contributed by atoms with Gasteiger partial charge in [-0.2, -0.15) is 0 Å². The van der Waals surface area contributed by atoms with Gasteiger partial charge >= 0.3 is 5.97 Å².